The number of unbranched alkanes of at least 4 members (excludes halogenated alkanes) is 1. The van der Waals surface area contributed by atoms with Gasteiger partial charge in [0.1, 0.15) is 0 Å². The Kier molecular flexibility index (Phi) is 16.1. The third-order valence-corrected chi connectivity index (χ3v) is 1.28. The van der Waals surface area contributed by atoms with Crippen LogP contribution >= 0.6 is 12.4 Å². The van der Waals surface area contributed by atoms with Crippen LogP contribution in [0.15, 0.2) is 36.4 Å². The second-order valence-corrected chi connectivity index (χ2v) is 2.38. The molecule has 76 valence electrons. The molecule has 0 heterocycles. The fourth-order valence-corrected chi connectivity index (χ4v) is 0.613. The smallest absolute Gasteiger partial charge is 0.0679 e. The van der Waals surface area contributed by atoms with E-state index in [0.29, 0.717) is 6.61 Å². The Morgan fingerprint density at radius 1 is 1.00 bits per heavy atom. The Hall–Kier alpha value is -0.570. The van der Waals surface area contributed by atoms with Crippen molar-refractivity contribution in [2.75, 3.05) is 6.61 Å². The molecule has 0 radical (unpaired) electrons. The van der Waals surface area contributed by atoms with Gasteiger partial charge in [-0.05, 0) is 6.42 Å². The van der Waals surface area contributed by atoms with E-state index in [1.54, 1.807) is 0 Å². The summed E-state index contributed by atoms with van der Waals surface area (Å²) in [7, 11) is 0. The van der Waals surface area contributed by atoms with Crippen LogP contribution in [0.2, 0.25) is 0 Å². The van der Waals surface area contributed by atoms with Gasteiger partial charge in [-0.3, -0.25) is 0 Å². The van der Waals surface area contributed by atoms with Gasteiger partial charge in [0.25, 0.3) is 0 Å². The highest BCUT2D eigenvalue weighted by Gasteiger charge is 1.75. The molecule has 0 fully saturated rings. The van der Waals surface area contributed by atoms with Gasteiger partial charge in [0.05, 0.1) is 6.61 Å². The van der Waals surface area contributed by atoms with Gasteiger partial charge in [-0.2, -0.15) is 0 Å². The molecule has 0 aliphatic heterocycles. The quantitative estimate of drug-likeness (QED) is 0.606. The van der Waals surface area contributed by atoms with Gasteiger partial charge in [0.15, 0.2) is 0 Å². The highest BCUT2D eigenvalue weighted by molar-refractivity contribution is 5.85. The Morgan fingerprint density at radius 3 is 1.54 bits per heavy atom. The van der Waals surface area contributed by atoms with E-state index in [-0.39, 0.29) is 12.4 Å². The molecule has 2 nitrogen and oxygen atoms in total. The third kappa shape index (κ3) is 14.3. The summed E-state index contributed by atoms with van der Waals surface area (Å²) in [6.45, 7) is 2.79. The molecule has 2 N–H and O–H groups in total. The molecule has 0 unspecified atom stereocenters. The lowest BCUT2D eigenvalue weighted by molar-refractivity contribution is 0.135. The lowest BCUT2D eigenvalue weighted by Gasteiger charge is -1.88. The van der Waals surface area contributed by atoms with Gasteiger partial charge < -0.3 is 4.84 Å². The topological polar surface area (TPSA) is 35.2 Å². The SMILES string of the molecule is CCCCON.Cl.c1ccccc1. The van der Waals surface area contributed by atoms with Crippen molar-refractivity contribution in [2.45, 2.75) is 19.8 Å². The fraction of sp³-hybridized carbons (Fsp3) is 0.400. The maximum atomic E-state index is 4.71. The molecular formula is C10H18ClNO. The highest BCUT2D eigenvalue weighted by Crippen LogP contribution is 1.82. The van der Waals surface area contributed by atoms with Gasteiger partial charge in [-0.25, -0.2) is 5.90 Å². The second kappa shape index (κ2) is 14.0. The molecule has 0 saturated carbocycles. The summed E-state index contributed by atoms with van der Waals surface area (Å²) in [5.74, 6) is 4.71. The van der Waals surface area contributed by atoms with E-state index in [0.717, 1.165) is 12.8 Å². The molecule has 0 spiro atoms. The normalized spacial score (nSPS) is 7.85. The molecule has 0 aliphatic carbocycles. The zero-order valence-corrected chi connectivity index (χ0v) is 8.80. The lowest BCUT2D eigenvalue weighted by atomic mass is 10.4. The Labute approximate surface area is 86.5 Å². The van der Waals surface area contributed by atoms with Crippen LogP contribution < -0.4 is 5.90 Å². The van der Waals surface area contributed by atoms with Crippen LogP contribution in [-0.4, -0.2) is 6.61 Å². The molecule has 0 aliphatic rings. The van der Waals surface area contributed by atoms with Crippen molar-refractivity contribution >= 4 is 12.4 Å². The van der Waals surface area contributed by atoms with Crippen LogP contribution in [0.4, 0.5) is 0 Å². The van der Waals surface area contributed by atoms with Gasteiger partial charge in [-0.1, -0.05) is 49.7 Å². The molecule has 1 rings (SSSR count). The van der Waals surface area contributed by atoms with E-state index in [1.165, 1.54) is 0 Å². The predicted molar refractivity (Wildman–Crippen MR) is 58.7 cm³/mol. The van der Waals surface area contributed by atoms with E-state index in [4.69, 9.17) is 5.90 Å². The molecule has 0 bridgehead atoms. The number of hydrogen-bond donors (Lipinski definition) is 1. The van der Waals surface area contributed by atoms with Crippen LogP contribution in [0.5, 0.6) is 0 Å². The fourth-order valence-electron chi connectivity index (χ4n) is 0.613. The summed E-state index contributed by atoms with van der Waals surface area (Å²) in [6.07, 6.45) is 2.22. The maximum Gasteiger partial charge on any atom is 0.0679 e. The summed E-state index contributed by atoms with van der Waals surface area (Å²) < 4.78 is 0. The number of halogens is 1. The standard InChI is InChI=1S/C6H6.C4H11NO.ClH/c1-2-4-6-5-3-1;1-2-3-4-6-5;/h1-6H;2-5H2,1H3;1H. The summed E-state index contributed by atoms with van der Waals surface area (Å²) in [6, 6.07) is 12.0. The van der Waals surface area contributed by atoms with Gasteiger partial charge in [0.2, 0.25) is 0 Å². The van der Waals surface area contributed by atoms with Gasteiger partial charge in [0, 0.05) is 0 Å². The number of hydrogen-bond acceptors (Lipinski definition) is 2. The average molecular weight is 204 g/mol. The van der Waals surface area contributed by atoms with E-state index in [1.807, 2.05) is 36.4 Å². The van der Waals surface area contributed by atoms with Gasteiger partial charge in [-0.15, -0.1) is 12.4 Å². The Balaban J connectivity index is 0. The molecule has 1 aromatic carbocycles. The molecule has 0 aromatic heterocycles. The molecule has 0 saturated heterocycles. The molecule has 3 heteroatoms. The first-order chi connectivity index (χ1) is 5.91. The minimum Gasteiger partial charge on any atom is -0.305 e. The largest absolute Gasteiger partial charge is 0.305 e. The second-order valence-electron chi connectivity index (χ2n) is 2.38. The third-order valence-electron chi connectivity index (χ3n) is 1.28. The monoisotopic (exact) mass is 203 g/mol. The predicted octanol–water partition coefficient (Wildman–Crippen LogP) is 2.79. The summed E-state index contributed by atoms with van der Waals surface area (Å²) in [5, 5.41) is 0. The van der Waals surface area contributed by atoms with Crippen molar-refractivity contribution in [3.05, 3.63) is 36.4 Å². The summed E-state index contributed by atoms with van der Waals surface area (Å²) in [5.41, 5.74) is 0. The first-order valence-electron chi connectivity index (χ1n) is 4.23. The molecule has 1 aromatic rings. The van der Waals surface area contributed by atoms with Crippen molar-refractivity contribution in [1.82, 2.24) is 0 Å². The molecule has 0 amide bonds. The zero-order chi connectivity index (χ0) is 9.07. The summed E-state index contributed by atoms with van der Waals surface area (Å²) >= 11 is 0. The van der Waals surface area contributed by atoms with E-state index in [9.17, 15) is 0 Å². The van der Waals surface area contributed by atoms with E-state index < -0.39 is 0 Å². The number of benzene rings is 1. The maximum absolute atomic E-state index is 4.71. The zero-order valence-electron chi connectivity index (χ0n) is 7.98. The van der Waals surface area contributed by atoms with Crippen molar-refractivity contribution in [3.8, 4) is 0 Å². The van der Waals surface area contributed by atoms with Crippen LogP contribution in [0, 0.1) is 0 Å². The number of rotatable bonds is 3. The van der Waals surface area contributed by atoms with Crippen LogP contribution in [0.25, 0.3) is 0 Å². The van der Waals surface area contributed by atoms with Gasteiger partial charge >= 0.3 is 0 Å². The van der Waals surface area contributed by atoms with Crippen molar-refractivity contribution in [3.63, 3.8) is 0 Å². The summed E-state index contributed by atoms with van der Waals surface area (Å²) in [4.78, 5) is 4.28. The van der Waals surface area contributed by atoms with Crippen LogP contribution in [0.3, 0.4) is 0 Å². The average Bonchev–Trinajstić information content (AvgIpc) is 2.18. The lowest BCUT2D eigenvalue weighted by Crippen LogP contribution is -1.99. The molecule has 13 heavy (non-hydrogen) atoms. The van der Waals surface area contributed by atoms with Crippen LogP contribution in [-0.2, 0) is 4.84 Å². The van der Waals surface area contributed by atoms with Crippen LogP contribution in [0.1, 0.15) is 19.8 Å². The highest BCUT2D eigenvalue weighted by atomic mass is 35.5. The van der Waals surface area contributed by atoms with Crippen molar-refractivity contribution in [2.24, 2.45) is 5.90 Å². The Bertz CT molecular complexity index is 128. The minimum absolute atomic E-state index is 0. The minimum atomic E-state index is 0. The first kappa shape index (κ1) is 14.9. The molecule has 0 atom stereocenters. The van der Waals surface area contributed by atoms with Crippen molar-refractivity contribution in [1.29, 1.82) is 0 Å². The van der Waals surface area contributed by atoms with E-state index in [2.05, 4.69) is 11.8 Å². The molecular weight excluding hydrogens is 186 g/mol. The number of nitrogens with two attached hydrogens (primary N) is 1. The van der Waals surface area contributed by atoms with Crippen molar-refractivity contribution < 1.29 is 4.84 Å². The van der Waals surface area contributed by atoms with E-state index >= 15 is 0 Å². The first-order valence-corrected chi connectivity index (χ1v) is 4.23. The Morgan fingerprint density at radius 2 is 1.38 bits per heavy atom.